The third-order valence-corrected chi connectivity index (χ3v) is 5.42. The van der Waals surface area contributed by atoms with Gasteiger partial charge in [-0.15, -0.1) is 0 Å². The molecule has 0 heterocycles. The highest BCUT2D eigenvalue weighted by atomic mass is 32.2. The van der Waals surface area contributed by atoms with Crippen LogP contribution in [0.5, 0.6) is 0 Å². The van der Waals surface area contributed by atoms with E-state index >= 15 is 0 Å². The van der Waals surface area contributed by atoms with Crippen LogP contribution in [-0.2, 0) is 14.6 Å². The molecule has 0 aliphatic carbocycles. The Morgan fingerprint density at radius 3 is 2.20 bits per heavy atom. The van der Waals surface area contributed by atoms with E-state index in [2.05, 4.69) is 10.9 Å². The minimum atomic E-state index is -3.54. The van der Waals surface area contributed by atoms with Gasteiger partial charge in [0.05, 0.1) is 10.6 Å². The zero-order chi connectivity index (χ0) is 18.4. The van der Waals surface area contributed by atoms with E-state index in [-0.39, 0.29) is 17.1 Å². The number of aryl methyl sites for hydroxylation is 2. The molecule has 0 radical (unpaired) electrons. The number of amides is 2. The van der Waals surface area contributed by atoms with Crippen LogP contribution < -0.4 is 10.9 Å². The van der Waals surface area contributed by atoms with Crippen molar-refractivity contribution >= 4 is 21.7 Å². The zero-order valence-corrected chi connectivity index (χ0v) is 14.9. The van der Waals surface area contributed by atoms with Gasteiger partial charge >= 0.3 is 0 Å². The lowest BCUT2D eigenvalue weighted by atomic mass is 10.1. The predicted molar refractivity (Wildman–Crippen MR) is 94.6 cm³/mol. The van der Waals surface area contributed by atoms with E-state index in [9.17, 15) is 18.0 Å². The van der Waals surface area contributed by atoms with E-state index < -0.39 is 21.7 Å². The Kier molecular flexibility index (Phi) is 5.93. The van der Waals surface area contributed by atoms with Crippen molar-refractivity contribution in [2.45, 2.75) is 25.2 Å². The summed E-state index contributed by atoms with van der Waals surface area (Å²) in [5.41, 5.74) is 6.70. The average Bonchev–Trinajstić information content (AvgIpc) is 2.59. The third-order valence-electron chi connectivity index (χ3n) is 3.68. The molecule has 7 heteroatoms. The smallest absolute Gasteiger partial charge is 0.269 e. The highest BCUT2D eigenvalue weighted by molar-refractivity contribution is 7.91. The van der Waals surface area contributed by atoms with Crippen LogP contribution in [0.2, 0.25) is 0 Å². The summed E-state index contributed by atoms with van der Waals surface area (Å²) in [5.74, 6) is -1.35. The molecular formula is C18H20N2O4S. The summed E-state index contributed by atoms with van der Waals surface area (Å²) >= 11 is 0. The molecule has 0 spiro atoms. The monoisotopic (exact) mass is 360 g/mol. The summed E-state index contributed by atoms with van der Waals surface area (Å²) in [6, 6.07) is 13.4. The fourth-order valence-corrected chi connectivity index (χ4v) is 3.42. The van der Waals surface area contributed by atoms with Gasteiger partial charge < -0.3 is 0 Å². The molecular weight excluding hydrogens is 340 g/mol. The summed E-state index contributed by atoms with van der Waals surface area (Å²) in [7, 11) is -3.54. The Hall–Kier alpha value is -2.67. The van der Waals surface area contributed by atoms with Crippen molar-refractivity contribution < 1.29 is 18.0 Å². The van der Waals surface area contributed by atoms with Crippen molar-refractivity contribution in [1.82, 2.24) is 10.9 Å². The summed E-state index contributed by atoms with van der Waals surface area (Å²) < 4.78 is 24.4. The zero-order valence-electron chi connectivity index (χ0n) is 14.1. The maximum absolute atomic E-state index is 12.2. The fraction of sp³-hybridized carbons (Fsp3) is 0.222. The van der Waals surface area contributed by atoms with Crippen LogP contribution in [0, 0.1) is 13.8 Å². The molecule has 25 heavy (non-hydrogen) atoms. The molecule has 2 amide bonds. The fourth-order valence-electron chi connectivity index (χ4n) is 2.17. The van der Waals surface area contributed by atoms with Gasteiger partial charge in [-0.2, -0.15) is 0 Å². The number of hydrogen-bond donors (Lipinski definition) is 2. The largest absolute Gasteiger partial charge is 0.273 e. The van der Waals surface area contributed by atoms with Crippen LogP contribution in [-0.4, -0.2) is 26.0 Å². The summed E-state index contributed by atoms with van der Waals surface area (Å²) in [4.78, 5) is 24.0. The lowest BCUT2D eigenvalue weighted by Crippen LogP contribution is -2.42. The van der Waals surface area contributed by atoms with Gasteiger partial charge in [-0.25, -0.2) is 8.42 Å². The van der Waals surface area contributed by atoms with Gasteiger partial charge in [0.1, 0.15) is 0 Å². The molecule has 0 saturated heterocycles. The number of carbonyl (C=O) groups is 2. The van der Waals surface area contributed by atoms with E-state index in [1.807, 2.05) is 6.92 Å². The molecule has 0 unspecified atom stereocenters. The summed E-state index contributed by atoms with van der Waals surface area (Å²) in [5, 5.41) is 0. The maximum Gasteiger partial charge on any atom is 0.269 e. The second-order valence-electron chi connectivity index (χ2n) is 5.70. The number of hydrazine groups is 1. The number of nitrogens with one attached hydrogen (secondary N) is 2. The molecule has 0 fully saturated rings. The lowest BCUT2D eigenvalue weighted by Gasteiger charge is -2.09. The first kappa shape index (κ1) is 18.7. The number of benzene rings is 2. The Labute approximate surface area is 147 Å². The molecule has 2 aromatic carbocycles. The van der Waals surface area contributed by atoms with Gasteiger partial charge in [0, 0.05) is 12.0 Å². The van der Waals surface area contributed by atoms with Crippen molar-refractivity contribution in [3.63, 3.8) is 0 Å². The Bertz CT molecular complexity index is 874. The van der Waals surface area contributed by atoms with Gasteiger partial charge in [0.2, 0.25) is 5.91 Å². The van der Waals surface area contributed by atoms with Crippen molar-refractivity contribution in [3.8, 4) is 0 Å². The summed E-state index contributed by atoms with van der Waals surface area (Å²) in [6.45, 7) is 3.64. The van der Waals surface area contributed by atoms with E-state index in [0.29, 0.717) is 5.56 Å². The number of carbonyl (C=O) groups excluding carboxylic acids is 2. The number of hydrogen-bond acceptors (Lipinski definition) is 4. The predicted octanol–water partition coefficient (Wildman–Crippen LogP) is 1.93. The van der Waals surface area contributed by atoms with Gasteiger partial charge in [0.15, 0.2) is 9.84 Å². The van der Waals surface area contributed by atoms with Crippen LogP contribution in [0.4, 0.5) is 0 Å². The molecule has 2 aromatic rings. The molecule has 0 atom stereocenters. The minimum absolute atomic E-state index is 0.176. The van der Waals surface area contributed by atoms with E-state index in [4.69, 9.17) is 0 Å². The van der Waals surface area contributed by atoms with Gasteiger partial charge in [-0.3, -0.25) is 20.4 Å². The standard InChI is InChI=1S/C18H20N2O4S/c1-13-7-9-15(10-8-13)25(23,24)12-11-17(21)19-20-18(22)16-6-4-3-5-14(16)2/h3-10H,11-12H2,1-2H3,(H,19,21)(H,20,22). The molecule has 0 aliphatic heterocycles. The highest BCUT2D eigenvalue weighted by Crippen LogP contribution is 2.13. The summed E-state index contributed by atoms with van der Waals surface area (Å²) in [6.07, 6.45) is -0.246. The first-order chi connectivity index (χ1) is 11.8. The normalized spacial score (nSPS) is 11.0. The van der Waals surface area contributed by atoms with Crippen LogP contribution in [0.15, 0.2) is 53.4 Å². The molecule has 0 saturated carbocycles. The topological polar surface area (TPSA) is 92.3 Å². The SMILES string of the molecule is Cc1ccc(S(=O)(=O)CCC(=O)NNC(=O)c2ccccc2C)cc1. The lowest BCUT2D eigenvalue weighted by molar-refractivity contribution is -0.121. The molecule has 6 nitrogen and oxygen atoms in total. The first-order valence-corrected chi connectivity index (χ1v) is 9.39. The molecule has 132 valence electrons. The molecule has 0 bridgehead atoms. The first-order valence-electron chi connectivity index (χ1n) is 7.74. The van der Waals surface area contributed by atoms with E-state index in [1.54, 1.807) is 43.3 Å². The Morgan fingerprint density at radius 1 is 0.920 bits per heavy atom. The second kappa shape index (κ2) is 7.94. The van der Waals surface area contributed by atoms with Crippen LogP contribution >= 0.6 is 0 Å². The average molecular weight is 360 g/mol. The maximum atomic E-state index is 12.2. The highest BCUT2D eigenvalue weighted by Gasteiger charge is 2.17. The van der Waals surface area contributed by atoms with Crippen LogP contribution in [0.25, 0.3) is 0 Å². The molecule has 2 N–H and O–H groups in total. The third kappa shape index (κ3) is 5.15. The van der Waals surface area contributed by atoms with E-state index in [0.717, 1.165) is 11.1 Å². The van der Waals surface area contributed by atoms with Crippen molar-refractivity contribution in [2.24, 2.45) is 0 Å². The minimum Gasteiger partial charge on any atom is -0.273 e. The van der Waals surface area contributed by atoms with Crippen LogP contribution in [0.1, 0.15) is 27.9 Å². The van der Waals surface area contributed by atoms with Crippen molar-refractivity contribution in [3.05, 3.63) is 65.2 Å². The Morgan fingerprint density at radius 2 is 1.56 bits per heavy atom. The van der Waals surface area contributed by atoms with Crippen molar-refractivity contribution in [2.75, 3.05) is 5.75 Å². The van der Waals surface area contributed by atoms with Crippen LogP contribution in [0.3, 0.4) is 0 Å². The number of rotatable bonds is 5. The van der Waals surface area contributed by atoms with Crippen molar-refractivity contribution in [1.29, 1.82) is 0 Å². The van der Waals surface area contributed by atoms with E-state index in [1.165, 1.54) is 12.1 Å². The van der Waals surface area contributed by atoms with Gasteiger partial charge in [-0.05, 0) is 37.6 Å². The Balaban J connectivity index is 1.87. The van der Waals surface area contributed by atoms with Gasteiger partial charge in [0.25, 0.3) is 5.91 Å². The quantitative estimate of drug-likeness (QED) is 0.797. The molecule has 0 aliphatic rings. The number of sulfone groups is 1. The molecule has 0 aromatic heterocycles. The van der Waals surface area contributed by atoms with Gasteiger partial charge in [-0.1, -0.05) is 35.9 Å². The second-order valence-corrected chi connectivity index (χ2v) is 7.81. The molecule has 2 rings (SSSR count).